The Bertz CT molecular complexity index is 814. The molecule has 7 nitrogen and oxygen atoms in total. The van der Waals surface area contributed by atoms with E-state index >= 15 is 0 Å². The van der Waals surface area contributed by atoms with Crippen LogP contribution < -0.4 is 40.0 Å². The SMILES string of the molecule is O=C([O-])CCc1sc(NCc2ncccn2)nc1-c1ccccn1.[Na+]. The van der Waals surface area contributed by atoms with E-state index in [9.17, 15) is 9.90 Å². The second kappa shape index (κ2) is 9.57. The summed E-state index contributed by atoms with van der Waals surface area (Å²) in [6, 6.07) is 7.30. The minimum atomic E-state index is -1.08. The zero-order chi connectivity index (χ0) is 16.8. The van der Waals surface area contributed by atoms with E-state index in [1.54, 1.807) is 24.7 Å². The molecule has 0 unspecified atom stereocenters. The van der Waals surface area contributed by atoms with Crippen molar-refractivity contribution in [2.45, 2.75) is 19.4 Å². The first-order valence-corrected chi connectivity index (χ1v) is 8.15. The Morgan fingerprint density at radius 3 is 2.56 bits per heavy atom. The number of thiazole rings is 1. The first-order chi connectivity index (χ1) is 11.7. The quantitative estimate of drug-likeness (QED) is 0.499. The summed E-state index contributed by atoms with van der Waals surface area (Å²) < 4.78 is 0. The fourth-order valence-electron chi connectivity index (χ4n) is 2.09. The van der Waals surface area contributed by atoms with Crippen LogP contribution in [0.3, 0.4) is 0 Å². The van der Waals surface area contributed by atoms with Crippen LogP contribution >= 0.6 is 11.3 Å². The number of anilines is 1. The number of hydrogen-bond acceptors (Lipinski definition) is 8. The number of nitrogens with zero attached hydrogens (tertiary/aromatic N) is 4. The van der Waals surface area contributed by atoms with Gasteiger partial charge in [0.05, 0.1) is 12.2 Å². The Kier molecular flexibility index (Phi) is 7.45. The van der Waals surface area contributed by atoms with E-state index in [2.05, 4.69) is 25.3 Å². The first-order valence-electron chi connectivity index (χ1n) is 7.33. The number of aryl methyl sites for hydroxylation is 1. The van der Waals surface area contributed by atoms with E-state index in [0.29, 0.717) is 35.3 Å². The minimum absolute atomic E-state index is 0. The molecule has 0 saturated heterocycles. The molecular formula is C16H14N5NaO2S. The van der Waals surface area contributed by atoms with Gasteiger partial charge in [-0.2, -0.15) is 0 Å². The summed E-state index contributed by atoms with van der Waals surface area (Å²) >= 11 is 1.41. The van der Waals surface area contributed by atoms with Gasteiger partial charge in [0.15, 0.2) is 5.13 Å². The number of aliphatic carboxylic acids is 1. The van der Waals surface area contributed by atoms with Gasteiger partial charge in [-0.25, -0.2) is 15.0 Å². The third-order valence-electron chi connectivity index (χ3n) is 3.18. The van der Waals surface area contributed by atoms with Gasteiger partial charge < -0.3 is 15.2 Å². The normalized spacial score (nSPS) is 10.1. The molecule has 3 heterocycles. The number of pyridine rings is 1. The van der Waals surface area contributed by atoms with Crippen LogP contribution in [0.2, 0.25) is 0 Å². The molecular weight excluding hydrogens is 349 g/mol. The summed E-state index contributed by atoms with van der Waals surface area (Å²) in [4.78, 5) is 28.8. The third kappa shape index (κ3) is 5.57. The van der Waals surface area contributed by atoms with Crippen molar-refractivity contribution in [3.05, 3.63) is 53.6 Å². The molecule has 0 aliphatic heterocycles. The maximum atomic E-state index is 10.8. The molecule has 0 saturated carbocycles. The Hall–Kier alpha value is -1.87. The molecule has 0 radical (unpaired) electrons. The molecule has 3 aromatic rings. The number of carboxylic acids is 1. The van der Waals surface area contributed by atoms with E-state index in [1.807, 2.05) is 18.2 Å². The fraction of sp³-hybridized carbons (Fsp3) is 0.188. The van der Waals surface area contributed by atoms with Crippen molar-refractivity contribution in [1.29, 1.82) is 0 Å². The maximum Gasteiger partial charge on any atom is 1.00 e. The van der Waals surface area contributed by atoms with Gasteiger partial charge in [-0.05, 0) is 31.0 Å². The molecule has 0 amide bonds. The Morgan fingerprint density at radius 1 is 1.12 bits per heavy atom. The number of carbonyl (C=O) groups excluding carboxylic acids is 1. The molecule has 0 aromatic carbocycles. The molecule has 0 fully saturated rings. The average Bonchev–Trinajstić information content (AvgIpc) is 3.03. The predicted molar refractivity (Wildman–Crippen MR) is 88.0 cm³/mol. The monoisotopic (exact) mass is 363 g/mol. The van der Waals surface area contributed by atoms with Gasteiger partial charge >= 0.3 is 29.6 Å². The van der Waals surface area contributed by atoms with Crippen molar-refractivity contribution in [3.63, 3.8) is 0 Å². The number of carbonyl (C=O) groups is 1. The molecule has 0 aliphatic rings. The van der Waals surface area contributed by atoms with E-state index in [0.717, 1.165) is 4.88 Å². The zero-order valence-corrected chi connectivity index (χ0v) is 16.5. The summed E-state index contributed by atoms with van der Waals surface area (Å²) in [7, 11) is 0. The van der Waals surface area contributed by atoms with Crippen LogP contribution in [0.15, 0.2) is 42.9 Å². The molecule has 9 heteroatoms. The maximum absolute atomic E-state index is 10.8. The van der Waals surface area contributed by atoms with Gasteiger partial charge in [-0.15, -0.1) is 11.3 Å². The van der Waals surface area contributed by atoms with Crippen LogP contribution in [0, 0.1) is 0 Å². The average molecular weight is 363 g/mol. The van der Waals surface area contributed by atoms with Gasteiger partial charge in [0.1, 0.15) is 11.5 Å². The minimum Gasteiger partial charge on any atom is -0.550 e. The molecule has 0 atom stereocenters. The van der Waals surface area contributed by atoms with E-state index in [-0.39, 0.29) is 36.0 Å². The van der Waals surface area contributed by atoms with Crippen LogP contribution in [-0.4, -0.2) is 25.9 Å². The summed E-state index contributed by atoms with van der Waals surface area (Å²) in [6.07, 6.45) is 5.34. The van der Waals surface area contributed by atoms with E-state index in [1.165, 1.54) is 11.3 Å². The van der Waals surface area contributed by atoms with Crippen LogP contribution in [0.1, 0.15) is 17.1 Å². The second-order valence-corrected chi connectivity index (χ2v) is 5.98. The topological polar surface area (TPSA) is 104 Å². The number of aromatic nitrogens is 4. The first kappa shape index (κ1) is 19.5. The molecule has 0 spiro atoms. The predicted octanol–water partition coefficient (Wildman–Crippen LogP) is -1.71. The molecule has 122 valence electrons. The third-order valence-corrected chi connectivity index (χ3v) is 4.25. The van der Waals surface area contributed by atoms with Crippen molar-refractivity contribution in [2.24, 2.45) is 0 Å². The van der Waals surface area contributed by atoms with Gasteiger partial charge in [0.25, 0.3) is 0 Å². The van der Waals surface area contributed by atoms with Gasteiger partial charge in [0.2, 0.25) is 0 Å². The molecule has 3 aromatic heterocycles. The molecule has 0 aliphatic carbocycles. The van der Waals surface area contributed by atoms with E-state index < -0.39 is 5.97 Å². The van der Waals surface area contributed by atoms with Crippen LogP contribution in [0.4, 0.5) is 5.13 Å². The largest absolute Gasteiger partial charge is 1.00 e. The number of nitrogens with one attached hydrogen (secondary N) is 1. The zero-order valence-electron chi connectivity index (χ0n) is 13.7. The van der Waals surface area contributed by atoms with Gasteiger partial charge in [-0.3, -0.25) is 4.98 Å². The standard InChI is InChI=1S/C16H15N5O2S.Na/c22-14(23)6-5-12-15(11-4-1-2-7-17-11)21-16(24-12)20-10-13-18-8-3-9-19-13;/h1-4,7-9H,5-6,10H2,(H,20,21)(H,22,23);/q;+1/p-1. The van der Waals surface area contributed by atoms with E-state index in [4.69, 9.17) is 0 Å². The number of carboxylic acid groups (broad SMARTS) is 1. The molecule has 25 heavy (non-hydrogen) atoms. The number of hydrogen-bond donors (Lipinski definition) is 1. The Morgan fingerprint density at radius 2 is 1.88 bits per heavy atom. The van der Waals surface area contributed by atoms with Crippen molar-refractivity contribution >= 4 is 22.4 Å². The van der Waals surface area contributed by atoms with Crippen LogP contribution in [-0.2, 0) is 17.8 Å². The van der Waals surface area contributed by atoms with Crippen molar-refractivity contribution in [1.82, 2.24) is 19.9 Å². The van der Waals surface area contributed by atoms with Gasteiger partial charge in [0, 0.05) is 29.4 Å². The van der Waals surface area contributed by atoms with Crippen molar-refractivity contribution in [2.75, 3.05) is 5.32 Å². The summed E-state index contributed by atoms with van der Waals surface area (Å²) in [5.74, 6) is -0.425. The van der Waals surface area contributed by atoms with Crippen LogP contribution in [0.25, 0.3) is 11.4 Å². The van der Waals surface area contributed by atoms with Crippen molar-refractivity contribution in [3.8, 4) is 11.4 Å². The Labute approximate surface area is 170 Å². The smallest absolute Gasteiger partial charge is 0.550 e. The Balaban J connectivity index is 0.00000225. The summed E-state index contributed by atoms with van der Waals surface area (Å²) in [5, 5.41) is 14.6. The van der Waals surface area contributed by atoms with Gasteiger partial charge in [-0.1, -0.05) is 6.07 Å². The van der Waals surface area contributed by atoms with Crippen LogP contribution in [0.5, 0.6) is 0 Å². The number of rotatable bonds is 7. The second-order valence-electron chi connectivity index (χ2n) is 4.90. The summed E-state index contributed by atoms with van der Waals surface area (Å²) in [6.45, 7) is 0.440. The summed E-state index contributed by atoms with van der Waals surface area (Å²) in [5.41, 5.74) is 1.41. The molecule has 3 rings (SSSR count). The molecule has 0 bridgehead atoms. The fourth-order valence-corrected chi connectivity index (χ4v) is 3.06. The molecule has 1 N–H and O–H groups in total. The van der Waals surface area contributed by atoms with Crippen molar-refractivity contribution < 1.29 is 39.5 Å².